The van der Waals surface area contributed by atoms with Gasteiger partial charge in [0.1, 0.15) is 11.5 Å². The lowest BCUT2D eigenvalue weighted by Gasteiger charge is -2.15. The van der Waals surface area contributed by atoms with Gasteiger partial charge in [0.05, 0.1) is 11.6 Å². The molecule has 0 aliphatic rings. The summed E-state index contributed by atoms with van der Waals surface area (Å²) in [6.45, 7) is 6.33. The minimum absolute atomic E-state index is 0.208. The fraction of sp³-hybridized carbons (Fsp3) is 0.381. The summed E-state index contributed by atoms with van der Waals surface area (Å²) >= 11 is 0. The number of phenols is 1. The zero-order valence-electron chi connectivity index (χ0n) is 14.7. The van der Waals surface area contributed by atoms with E-state index >= 15 is 0 Å². The Balaban J connectivity index is 1.92. The number of rotatable bonds is 6. The van der Waals surface area contributed by atoms with Crippen LogP contribution in [0.5, 0.6) is 11.5 Å². The summed E-state index contributed by atoms with van der Waals surface area (Å²) in [6.07, 6.45) is 4.96. The van der Waals surface area contributed by atoms with Crippen molar-refractivity contribution in [2.45, 2.75) is 52.6 Å². The molecule has 0 amide bonds. The second-order valence-electron chi connectivity index (χ2n) is 6.53. The van der Waals surface area contributed by atoms with E-state index in [0.717, 1.165) is 39.5 Å². The first-order valence-corrected chi connectivity index (χ1v) is 8.78. The van der Waals surface area contributed by atoms with Crippen molar-refractivity contribution in [2.75, 3.05) is 0 Å². The molecular weight excluding hydrogens is 298 g/mol. The van der Waals surface area contributed by atoms with Crippen LogP contribution in [0.15, 0.2) is 36.4 Å². The lowest BCUT2D eigenvalue weighted by Crippen LogP contribution is -2.11. The van der Waals surface area contributed by atoms with Crippen LogP contribution in [0.1, 0.15) is 45.2 Å². The molecule has 1 N–H and O–H groups in total. The Kier molecular flexibility index (Phi) is 4.89. The van der Waals surface area contributed by atoms with Crippen molar-refractivity contribution < 1.29 is 9.84 Å². The molecule has 0 radical (unpaired) electrons. The Hall–Kier alpha value is -2.29. The summed E-state index contributed by atoms with van der Waals surface area (Å²) in [7, 11) is 0. The average molecular weight is 323 g/mol. The molecule has 1 aromatic heterocycles. The molecule has 0 bridgehead atoms. The summed E-state index contributed by atoms with van der Waals surface area (Å²) in [5.41, 5.74) is 1.87. The van der Waals surface area contributed by atoms with E-state index in [1.165, 1.54) is 19.3 Å². The molecule has 3 aromatic rings. The van der Waals surface area contributed by atoms with Crippen LogP contribution < -0.4 is 4.74 Å². The third kappa shape index (κ3) is 3.45. The molecule has 0 aliphatic carbocycles. The fourth-order valence-corrected chi connectivity index (χ4v) is 3.19. The van der Waals surface area contributed by atoms with Crippen LogP contribution in [-0.2, 0) is 0 Å². The van der Waals surface area contributed by atoms with Gasteiger partial charge in [-0.05, 0) is 62.4 Å². The van der Waals surface area contributed by atoms with Crippen molar-refractivity contribution in [3.63, 3.8) is 0 Å². The average Bonchev–Trinajstić information content (AvgIpc) is 2.54. The van der Waals surface area contributed by atoms with E-state index in [0.29, 0.717) is 0 Å². The summed E-state index contributed by atoms with van der Waals surface area (Å²) in [5, 5.41) is 13.0. The van der Waals surface area contributed by atoms with Crippen molar-refractivity contribution in [1.29, 1.82) is 0 Å². The molecule has 2 aromatic carbocycles. The first kappa shape index (κ1) is 16.6. The first-order valence-electron chi connectivity index (χ1n) is 8.78. The Morgan fingerprint density at radius 1 is 1.04 bits per heavy atom. The molecule has 3 nitrogen and oxygen atoms in total. The highest BCUT2D eigenvalue weighted by atomic mass is 16.5. The van der Waals surface area contributed by atoms with Gasteiger partial charge in [-0.25, -0.2) is 0 Å². The summed E-state index contributed by atoms with van der Waals surface area (Å²) in [5.74, 6) is 1.14. The normalized spacial score (nSPS) is 12.6. The molecule has 0 aliphatic heterocycles. The quantitative estimate of drug-likeness (QED) is 0.464. The summed E-state index contributed by atoms with van der Waals surface area (Å²) < 4.78 is 6.06. The minimum Gasteiger partial charge on any atom is -0.508 e. The smallest absolute Gasteiger partial charge is 0.121 e. The fourth-order valence-electron chi connectivity index (χ4n) is 3.19. The molecule has 1 unspecified atom stereocenters. The third-order valence-electron chi connectivity index (χ3n) is 4.49. The summed E-state index contributed by atoms with van der Waals surface area (Å²) in [6, 6.07) is 11.5. The number of benzene rings is 2. The molecular formula is C21H25NO2. The number of nitrogens with zero attached hydrogens (tertiary/aromatic N) is 1. The number of aromatic nitrogens is 1. The number of hydrogen-bond donors (Lipinski definition) is 1. The van der Waals surface area contributed by atoms with Crippen LogP contribution in [0.2, 0.25) is 0 Å². The largest absolute Gasteiger partial charge is 0.508 e. The number of fused-ring (bicyclic) bond motifs is 3. The van der Waals surface area contributed by atoms with Crippen LogP contribution in [0, 0.1) is 6.92 Å². The van der Waals surface area contributed by atoms with E-state index in [1.807, 2.05) is 31.2 Å². The third-order valence-corrected chi connectivity index (χ3v) is 4.49. The van der Waals surface area contributed by atoms with E-state index in [2.05, 4.69) is 13.8 Å². The number of pyridine rings is 1. The van der Waals surface area contributed by atoms with E-state index in [4.69, 9.17) is 9.72 Å². The minimum atomic E-state index is 0.208. The van der Waals surface area contributed by atoms with Gasteiger partial charge < -0.3 is 9.84 Å². The van der Waals surface area contributed by atoms with Crippen LogP contribution in [-0.4, -0.2) is 16.2 Å². The highest BCUT2D eigenvalue weighted by Crippen LogP contribution is 2.31. The molecule has 126 valence electrons. The molecule has 0 saturated heterocycles. The molecule has 3 rings (SSSR count). The SMILES string of the molecule is CCCCCC(C)Oc1ccc2c(c1)nc(C)c1ccc(O)cc12. The molecule has 24 heavy (non-hydrogen) atoms. The maximum absolute atomic E-state index is 9.81. The lowest BCUT2D eigenvalue weighted by molar-refractivity contribution is 0.207. The maximum atomic E-state index is 9.81. The molecule has 1 atom stereocenters. The van der Waals surface area contributed by atoms with Gasteiger partial charge in [0.25, 0.3) is 0 Å². The summed E-state index contributed by atoms with van der Waals surface area (Å²) in [4.78, 5) is 4.72. The lowest BCUT2D eigenvalue weighted by atomic mass is 10.0. The van der Waals surface area contributed by atoms with Crippen LogP contribution in [0.25, 0.3) is 21.7 Å². The molecule has 1 heterocycles. The van der Waals surface area contributed by atoms with Gasteiger partial charge in [-0.1, -0.05) is 19.8 Å². The van der Waals surface area contributed by atoms with Crippen molar-refractivity contribution >= 4 is 21.7 Å². The molecule has 0 saturated carbocycles. The highest BCUT2D eigenvalue weighted by molar-refractivity contribution is 6.07. The predicted molar refractivity (Wildman–Crippen MR) is 99.9 cm³/mol. The predicted octanol–water partition coefficient (Wildman–Crippen LogP) is 5.75. The maximum Gasteiger partial charge on any atom is 0.121 e. The van der Waals surface area contributed by atoms with Crippen LogP contribution in [0.4, 0.5) is 0 Å². The van der Waals surface area contributed by atoms with Crippen molar-refractivity contribution in [3.8, 4) is 11.5 Å². The van der Waals surface area contributed by atoms with Crippen molar-refractivity contribution in [1.82, 2.24) is 4.98 Å². The highest BCUT2D eigenvalue weighted by Gasteiger charge is 2.09. The monoisotopic (exact) mass is 323 g/mol. The second kappa shape index (κ2) is 7.08. The van der Waals surface area contributed by atoms with Crippen LogP contribution >= 0.6 is 0 Å². The van der Waals surface area contributed by atoms with Gasteiger partial charge >= 0.3 is 0 Å². The standard InChI is InChI=1S/C21H25NO2/c1-4-5-6-7-14(2)24-17-9-11-19-20-12-16(23)8-10-18(20)15(3)22-21(19)13-17/h8-14,23H,4-7H2,1-3H3. The Labute approximate surface area is 143 Å². The second-order valence-corrected chi connectivity index (χ2v) is 6.53. The molecule has 0 spiro atoms. The van der Waals surface area contributed by atoms with Gasteiger partial charge in [0.15, 0.2) is 0 Å². The van der Waals surface area contributed by atoms with Gasteiger partial charge in [0, 0.05) is 22.5 Å². The van der Waals surface area contributed by atoms with E-state index in [1.54, 1.807) is 12.1 Å². The number of phenolic OH excluding ortho intramolecular Hbond substituents is 1. The van der Waals surface area contributed by atoms with Crippen molar-refractivity contribution in [3.05, 3.63) is 42.1 Å². The number of hydrogen-bond acceptors (Lipinski definition) is 3. The van der Waals surface area contributed by atoms with E-state index < -0.39 is 0 Å². The Bertz CT molecular complexity index is 857. The zero-order valence-corrected chi connectivity index (χ0v) is 14.7. The Morgan fingerprint density at radius 2 is 1.83 bits per heavy atom. The molecule has 0 fully saturated rings. The van der Waals surface area contributed by atoms with Gasteiger partial charge in [0.2, 0.25) is 0 Å². The van der Waals surface area contributed by atoms with Gasteiger partial charge in [-0.3, -0.25) is 4.98 Å². The number of ether oxygens (including phenoxy) is 1. The number of unbranched alkanes of at least 4 members (excludes halogenated alkanes) is 2. The Morgan fingerprint density at radius 3 is 2.62 bits per heavy atom. The van der Waals surface area contributed by atoms with Gasteiger partial charge in [-0.2, -0.15) is 0 Å². The number of aromatic hydroxyl groups is 1. The number of aryl methyl sites for hydroxylation is 1. The van der Waals surface area contributed by atoms with Gasteiger partial charge in [-0.15, -0.1) is 0 Å². The zero-order chi connectivity index (χ0) is 17.1. The van der Waals surface area contributed by atoms with E-state index in [-0.39, 0.29) is 11.9 Å². The topological polar surface area (TPSA) is 42.4 Å². The first-order chi connectivity index (χ1) is 11.6. The van der Waals surface area contributed by atoms with Crippen LogP contribution in [0.3, 0.4) is 0 Å². The van der Waals surface area contributed by atoms with Crippen molar-refractivity contribution in [2.24, 2.45) is 0 Å². The molecule has 3 heteroatoms. The van der Waals surface area contributed by atoms with E-state index in [9.17, 15) is 5.11 Å².